The summed E-state index contributed by atoms with van der Waals surface area (Å²) in [7, 11) is 0. The predicted octanol–water partition coefficient (Wildman–Crippen LogP) is 1.01. The van der Waals surface area contributed by atoms with Crippen molar-refractivity contribution in [3.63, 3.8) is 0 Å². The lowest BCUT2D eigenvalue weighted by atomic mass is 10.3. The molecule has 1 saturated carbocycles. The lowest BCUT2D eigenvalue weighted by Gasteiger charge is -2.10. The fraction of sp³-hybridized carbons (Fsp3) is 0.455. The highest BCUT2D eigenvalue weighted by Gasteiger charge is 2.22. The van der Waals surface area contributed by atoms with Crippen molar-refractivity contribution in [3.05, 3.63) is 18.1 Å². The fourth-order valence-corrected chi connectivity index (χ4v) is 2.99. The van der Waals surface area contributed by atoms with Crippen molar-refractivity contribution in [2.45, 2.75) is 41.9 Å². The monoisotopic (exact) mass is 290 g/mol. The number of aromatic nitrogens is 6. The van der Waals surface area contributed by atoms with Gasteiger partial charge in [-0.25, -0.2) is 14.6 Å². The van der Waals surface area contributed by atoms with Crippen LogP contribution in [0.1, 0.15) is 37.4 Å². The normalized spacial score (nSPS) is 15.6. The van der Waals surface area contributed by atoms with E-state index in [1.54, 1.807) is 6.20 Å². The van der Waals surface area contributed by atoms with E-state index in [0.29, 0.717) is 16.8 Å². The summed E-state index contributed by atoms with van der Waals surface area (Å²) in [6, 6.07) is 0.386. The van der Waals surface area contributed by atoms with Crippen molar-refractivity contribution in [3.8, 4) is 0 Å². The molecule has 3 rings (SSSR count). The highest BCUT2D eigenvalue weighted by atomic mass is 32.2. The zero-order valence-corrected chi connectivity index (χ0v) is 11.5. The van der Waals surface area contributed by atoms with Gasteiger partial charge in [0.25, 0.3) is 0 Å². The summed E-state index contributed by atoms with van der Waals surface area (Å²) in [5, 5.41) is 20.6. The van der Waals surface area contributed by atoms with E-state index >= 15 is 0 Å². The third kappa shape index (κ3) is 2.62. The lowest BCUT2D eigenvalue weighted by molar-refractivity contribution is 0.423. The van der Waals surface area contributed by atoms with Crippen molar-refractivity contribution in [1.29, 1.82) is 5.41 Å². The van der Waals surface area contributed by atoms with Gasteiger partial charge in [0.1, 0.15) is 16.6 Å². The van der Waals surface area contributed by atoms with Crippen LogP contribution in [0, 0.1) is 5.41 Å². The second-order valence-electron chi connectivity index (χ2n) is 4.60. The molecule has 0 spiro atoms. The highest BCUT2D eigenvalue weighted by molar-refractivity contribution is 7.99. The number of hydrogen-bond acceptors (Lipinski definition) is 7. The summed E-state index contributed by atoms with van der Waals surface area (Å²) in [6.45, 7) is 0. The molecule has 104 valence electrons. The summed E-state index contributed by atoms with van der Waals surface area (Å²) < 4.78 is 1.87. The number of nitrogens with one attached hydrogen (secondary N) is 1. The van der Waals surface area contributed by atoms with Gasteiger partial charge in [0.15, 0.2) is 0 Å². The summed E-state index contributed by atoms with van der Waals surface area (Å²) in [5.74, 6) is -0.0927. The van der Waals surface area contributed by atoms with Crippen molar-refractivity contribution >= 4 is 17.6 Å². The topological polar surface area (TPSA) is 119 Å². The minimum atomic E-state index is -0.0927. The zero-order valence-electron chi connectivity index (χ0n) is 10.7. The molecule has 0 radical (unpaired) electrons. The Morgan fingerprint density at radius 1 is 1.30 bits per heavy atom. The number of nitrogen functional groups attached to an aromatic ring is 1. The molecule has 9 heteroatoms. The van der Waals surface area contributed by atoms with Crippen molar-refractivity contribution in [1.82, 2.24) is 30.2 Å². The van der Waals surface area contributed by atoms with Crippen LogP contribution in [0.5, 0.6) is 0 Å². The van der Waals surface area contributed by atoms with E-state index in [1.165, 1.54) is 30.8 Å². The smallest absolute Gasteiger partial charge is 0.215 e. The van der Waals surface area contributed by atoms with Crippen LogP contribution in [-0.2, 0) is 0 Å². The average molecular weight is 290 g/mol. The van der Waals surface area contributed by atoms with Crippen LogP contribution in [-0.4, -0.2) is 36.0 Å². The largest absolute Gasteiger partial charge is 0.382 e. The Bertz CT molecular complexity index is 601. The molecule has 0 saturated heterocycles. The van der Waals surface area contributed by atoms with E-state index in [0.717, 1.165) is 18.0 Å². The maximum absolute atomic E-state index is 7.28. The number of tetrazole rings is 1. The molecule has 1 aliphatic rings. The van der Waals surface area contributed by atoms with Gasteiger partial charge < -0.3 is 5.73 Å². The SMILES string of the molecule is N=C(N)c1cnc(Sc2nnnn2C2CCCC2)cn1. The summed E-state index contributed by atoms with van der Waals surface area (Å²) in [4.78, 5) is 8.29. The molecule has 0 amide bonds. The first kappa shape index (κ1) is 13.0. The molecule has 3 N–H and O–H groups in total. The first-order valence-corrected chi connectivity index (χ1v) is 7.18. The van der Waals surface area contributed by atoms with Gasteiger partial charge in [0.2, 0.25) is 5.16 Å². The van der Waals surface area contributed by atoms with Crippen LogP contribution in [0.15, 0.2) is 22.6 Å². The van der Waals surface area contributed by atoms with Gasteiger partial charge in [0.05, 0.1) is 18.4 Å². The Morgan fingerprint density at radius 2 is 2.10 bits per heavy atom. The second kappa shape index (κ2) is 5.53. The number of rotatable bonds is 4. The number of nitrogens with zero attached hydrogens (tertiary/aromatic N) is 6. The standard InChI is InChI=1S/C11H14N8S/c12-10(13)8-5-15-9(6-14-8)20-11-16-17-18-19(11)7-3-1-2-4-7/h5-7H,1-4H2,(H3,12,13). The van der Waals surface area contributed by atoms with Crippen LogP contribution in [0.2, 0.25) is 0 Å². The molecule has 0 aliphatic heterocycles. The van der Waals surface area contributed by atoms with Crippen LogP contribution < -0.4 is 5.73 Å². The first-order chi connectivity index (χ1) is 9.74. The molecule has 0 atom stereocenters. The molecule has 2 aromatic heterocycles. The van der Waals surface area contributed by atoms with E-state index < -0.39 is 0 Å². The second-order valence-corrected chi connectivity index (χ2v) is 5.59. The van der Waals surface area contributed by atoms with E-state index in [-0.39, 0.29) is 5.84 Å². The maximum atomic E-state index is 7.28. The number of hydrogen-bond donors (Lipinski definition) is 2. The van der Waals surface area contributed by atoms with Crippen LogP contribution in [0.4, 0.5) is 0 Å². The summed E-state index contributed by atoms with van der Waals surface area (Å²) in [6.07, 6.45) is 7.74. The third-order valence-electron chi connectivity index (χ3n) is 3.23. The predicted molar refractivity (Wildman–Crippen MR) is 72.5 cm³/mol. The van der Waals surface area contributed by atoms with Crippen LogP contribution in [0.25, 0.3) is 0 Å². The molecular weight excluding hydrogens is 276 g/mol. The number of amidine groups is 1. The van der Waals surface area contributed by atoms with Gasteiger partial charge in [0, 0.05) is 0 Å². The number of nitrogens with two attached hydrogens (primary N) is 1. The summed E-state index contributed by atoms with van der Waals surface area (Å²) in [5.41, 5.74) is 5.71. The lowest BCUT2D eigenvalue weighted by Crippen LogP contribution is -2.13. The van der Waals surface area contributed by atoms with Gasteiger partial charge in [-0.1, -0.05) is 12.8 Å². The molecule has 1 fully saturated rings. The van der Waals surface area contributed by atoms with Crippen LogP contribution in [0.3, 0.4) is 0 Å². The van der Waals surface area contributed by atoms with Gasteiger partial charge in [-0.3, -0.25) is 5.41 Å². The minimum Gasteiger partial charge on any atom is -0.382 e. The molecule has 0 bridgehead atoms. The molecular formula is C11H14N8S. The Morgan fingerprint density at radius 3 is 2.75 bits per heavy atom. The van der Waals surface area contributed by atoms with E-state index in [1.807, 2.05) is 4.68 Å². The third-order valence-corrected chi connectivity index (χ3v) is 4.10. The molecule has 20 heavy (non-hydrogen) atoms. The first-order valence-electron chi connectivity index (χ1n) is 6.36. The average Bonchev–Trinajstić information content (AvgIpc) is 3.09. The Balaban J connectivity index is 1.77. The Hall–Kier alpha value is -2.03. The molecule has 0 unspecified atom stereocenters. The van der Waals surface area contributed by atoms with Gasteiger partial charge in [-0.15, -0.1) is 5.10 Å². The van der Waals surface area contributed by atoms with Crippen molar-refractivity contribution in [2.24, 2.45) is 5.73 Å². The molecule has 2 heterocycles. The quantitative estimate of drug-likeness (QED) is 0.637. The van der Waals surface area contributed by atoms with E-state index in [4.69, 9.17) is 11.1 Å². The molecule has 8 nitrogen and oxygen atoms in total. The molecule has 2 aromatic rings. The van der Waals surface area contributed by atoms with Crippen LogP contribution >= 0.6 is 11.8 Å². The van der Waals surface area contributed by atoms with E-state index in [2.05, 4.69) is 25.5 Å². The van der Waals surface area contributed by atoms with Gasteiger partial charge >= 0.3 is 0 Å². The Kier molecular flexibility index (Phi) is 3.59. The maximum Gasteiger partial charge on any atom is 0.215 e. The zero-order chi connectivity index (χ0) is 13.9. The molecule has 0 aromatic carbocycles. The van der Waals surface area contributed by atoms with Gasteiger partial charge in [-0.2, -0.15) is 0 Å². The van der Waals surface area contributed by atoms with Crippen molar-refractivity contribution < 1.29 is 0 Å². The fourth-order valence-electron chi connectivity index (χ4n) is 2.23. The Labute approximate surface area is 119 Å². The van der Waals surface area contributed by atoms with Crippen molar-refractivity contribution in [2.75, 3.05) is 0 Å². The van der Waals surface area contributed by atoms with Gasteiger partial charge in [-0.05, 0) is 35.0 Å². The summed E-state index contributed by atoms with van der Waals surface area (Å²) >= 11 is 1.37. The minimum absolute atomic E-state index is 0.0927. The highest BCUT2D eigenvalue weighted by Crippen LogP contribution is 2.32. The van der Waals surface area contributed by atoms with E-state index in [9.17, 15) is 0 Å². The molecule has 1 aliphatic carbocycles.